The Hall–Kier alpha value is -2.36. The molecule has 4 heteroatoms. The minimum Gasteiger partial charge on any atom is -0.409 e. The topological polar surface area (TPSA) is 51.2 Å². The summed E-state index contributed by atoms with van der Waals surface area (Å²) in [7, 11) is 0. The van der Waals surface area contributed by atoms with Crippen LogP contribution in [-0.2, 0) is 6.42 Å². The van der Waals surface area contributed by atoms with Gasteiger partial charge in [-0.2, -0.15) is 0 Å². The molecule has 1 heterocycles. The van der Waals surface area contributed by atoms with E-state index >= 15 is 0 Å². The van der Waals surface area contributed by atoms with Crippen molar-refractivity contribution in [3.63, 3.8) is 0 Å². The van der Waals surface area contributed by atoms with E-state index in [4.69, 9.17) is 4.74 Å². The van der Waals surface area contributed by atoms with Crippen LogP contribution in [0.5, 0.6) is 5.75 Å². The van der Waals surface area contributed by atoms with E-state index in [2.05, 4.69) is 34.6 Å². The molecule has 0 atom stereocenters. The highest BCUT2D eigenvalue weighted by Crippen LogP contribution is 2.07. The molecule has 4 nitrogen and oxygen atoms in total. The Morgan fingerprint density at radius 2 is 1.90 bits per heavy atom. The molecule has 0 saturated heterocycles. The van der Waals surface area contributed by atoms with Crippen LogP contribution in [-0.4, -0.2) is 17.6 Å². The Labute approximate surface area is 125 Å². The fourth-order valence-corrected chi connectivity index (χ4v) is 2.02. The van der Waals surface area contributed by atoms with E-state index in [9.17, 15) is 4.79 Å². The van der Waals surface area contributed by atoms with Crippen molar-refractivity contribution in [3.8, 4) is 5.75 Å². The summed E-state index contributed by atoms with van der Waals surface area (Å²) in [6, 6.07) is 13.9. The number of aromatic nitrogens is 1. The van der Waals surface area contributed by atoms with Gasteiger partial charge in [0.2, 0.25) is 0 Å². The van der Waals surface area contributed by atoms with Gasteiger partial charge < -0.3 is 10.1 Å². The first-order chi connectivity index (χ1) is 10.3. The summed E-state index contributed by atoms with van der Waals surface area (Å²) in [4.78, 5) is 15.4. The molecule has 0 saturated carbocycles. The monoisotopic (exact) mass is 284 g/mol. The molecule has 0 aliphatic carbocycles. The number of nitrogens with zero attached hydrogens (tertiary/aromatic N) is 1. The first-order valence-corrected chi connectivity index (χ1v) is 7.24. The first kappa shape index (κ1) is 15.0. The van der Waals surface area contributed by atoms with Gasteiger partial charge in [-0.3, -0.25) is 4.98 Å². The molecule has 0 spiro atoms. The van der Waals surface area contributed by atoms with Crippen LogP contribution in [0.3, 0.4) is 0 Å². The van der Waals surface area contributed by atoms with E-state index < -0.39 is 6.09 Å². The number of aryl methyl sites for hydroxylation is 1. The standard InChI is InChI=1S/C17H20N2O2/c20-17(21-16-11-7-12-18-14-16)19-13-6-2-5-10-15-8-3-1-4-9-15/h1,3-4,7-9,11-12,14H,2,5-6,10,13H2,(H,19,20). The third-order valence-electron chi connectivity index (χ3n) is 3.10. The summed E-state index contributed by atoms with van der Waals surface area (Å²) in [6.45, 7) is 0.633. The molecule has 0 bridgehead atoms. The van der Waals surface area contributed by atoms with Crippen LogP contribution in [0.15, 0.2) is 54.9 Å². The third kappa shape index (κ3) is 6.08. The number of benzene rings is 1. The number of carbonyl (C=O) groups excluding carboxylic acids is 1. The molecular weight excluding hydrogens is 264 g/mol. The zero-order valence-corrected chi connectivity index (χ0v) is 12.0. The second kappa shape index (κ2) is 8.74. The van der Waals surface area contributed by atoms with Crippen LogP contribution in [0.25, 0.3) is 0 Å². The average molecular weight is 284 g/mol. The number of hydrogen-bond donors (Lipinski definition) is 1. The lowest BCUT2D eigenvalue weighted by atomic mass is 10.1. The minimum absolute atomic E-state index is 0.425. The highest BCUT2D eigenvalue weighted by atomic mass is 16.6. The number of amides is 1. The largest absolute Gasteiger partial charge is 0.412 e. The molecule has 2 rings (SSSR count). The van der Waals surface area contributed by atoms with E-state index in [1.165, 1.54) is 11.8 Å². The number of nitrogens with one attached hydrogen (secondary N) is 1. The van der Waals surface area contributed by atoms with Crippen molar-refractivity contribution in [1.82, 2.24) is 10.3 Å². The highest BCUT2D eigenvalue weighted by molar-refractivity contribution is 5.70. The molecule has 0 aliphatic heterocycles. The summed E-state index contributed by atoms with van der Waals surface area (Å²) in [5.74, 6) is 0.457. The number of pyridine rings is 1. The van der Waals surface area contributed by atoms with Gasteiger partial charge in [-0.05, 0) is 37.0 Å². The molecule has 1 amide bonds. The molecule has 1 aromatic heterocycles. The number of hydrogen-bond acceptors (Lipinski definition) is 3. The van der Waals surface area contributed by atoms with Crippen molar-refractivity contribution in [2.75, 3.05) is 6.54 Å². The molecule has 21 heavy (non-hydrogen) atoms. The maximum atomic E-state index is 11.5. The SMILES string of the molecule is O=C(NCCCCCc1ccccc1)Oc1cccnc1. The summed E-state index contributed by atoms with van der Waals surface area (Å²) in [6.07, 6.45) is 6.98. The predicted molar refractivity (Wildman–Crippen MR) is 82.3 cm³/mol. The number of carbonyl (C=O) groups is 1. The summed E-state index contributed by atoms with van der Waals surface area (Å²) < 4.78 is 5.08. The Bertz CT molecular complexity index is 529. The zero-order valence-electron chi connectivity index (χ0n) is 12.0. The summed E-state index contributed by atoms with van der Waals surface area (Å²) in [5.41, 5.74) is 1.36. The smallest absolute Gasteiger partial charge is 0.409 e. The molecule has 0 unspecified atom stereocenters. The van der Waals surface area contributed by atoms with Crippen LogP contribution in [0.2, 0.25) is 0 Å². The number of ether oxygens (including phenoxy) is 1. The molecular formula is C17H20N2O2. The van der Waals surface area contributed by atoms with Crippen molar-refractivity contribution in [3.05, 3.63) is 60.4 Å². The van der Waals surface area contributed by atoms with Gasteiger partial charge in [0.15, 0.2) is 5.75 Å². The van der Waals surface area contributed by atoms with Gasteiger partial charge in [-0.15, -0.1) is 0 Å². The lowest BCUT2D eigenvalue weighted by Gasteiger charge is -2.06. The van der Waals surface area contributed by atoms with Crippen molar-refractivity contribution < 1.29 is 9.53 Å². The van der Waals surface area contributed by atoms with Crippen LogP contribution in [0.1, 0.15) is 24.8 Å². The van der Waals surface area contributed by atoms with Crippen LogP contribution >= 0.6 is 0 Å². The van der Waals surface area contributed by atoms with Crippen LogP contribution in [0, 0.1) is 0 Å². The van der Waals surface area contributed by atoms with E-state index in [0.29, 0.717) is 12.3 Å². The Kier molecular flexibility index (Phi) is 6.26. The van der Waals surface area contributed by atoms with Crippen LogP contribution in [0.4, 0.5) is 4.79 Å². The van der Waals surface area contributed by atoms with Gasteiger partial charge in [0.05, 0.1) is 6.20 Å². The molecule has 2 aromatic rings. The van der Waals surface area contributed by atoms with E-state index in [1.54, 1.807) is 18.3 Å². The second-order valence-electron chi connectivity index (χ2n) is 4.80. The van der Waals surface area contributed by atoms with Crippen molar-refractivity contribution in [1.29, 1.82) is 0 Å². The van der Waals surface area contributed by atoms with Crippen LogP contribution < -0.4 is 10.1 Å². The maximum Gasteiger partial charge on any atom is 0.412 e. The van der Waals surface area contributed by atoms with Gasteiger partial charge in [-0.25, -0.2) is 4.79 Å². The molecule has 1 N–H and O–H groups in total. The Balaban J connectivity index is 1.52. The predicted octanol–water partition coefficient (Wildman–Crippen LogP) is 3.58. The Morgan fingerprint density at radius 3 is 2.67 bits per heavy atom. The van der Waals surface area contributed by atoms with E-state index in [0.717, 1.165) is 25.7 Å². The fourth-order valence-electron chi connectivity index (χ4n) is 2.02. The summed E-state index contributed by atoms with van der Waals surface area (Å²) >= 11 is 0. The number of unbranched alkanes of at least 4 members (excludes halogenated alkanes) is 2. The zero-order chi connectivity index (χ0) is 14.8. The van der Waals surface area contributed by atoms with Gasteiger partial charge in [0.1, 0.15) is 0 Å². The molecule has 1 aromatic carbocycles. The third-order valence-corrected chi connectivity index (χ3v) is 3.10. The van der Waals surface area contributed by atoms with Gasteiger partial charge in [0, 0.05) is 12.7 Å². The van der Waals surface area contributed by atoms with Gasteiger partial charge in [-0.1, -0.05) is 36.8 Å². The molecule has 0 radical (unpaired) electrons. The first-order valence-electron chi connectivity index (χ1n) is 7.24. The lowest BCUT2D eigenvalue weighted by molar-refractivity contribution is 0.200. The van der Waals surface area contributed by atoms with Crippen molar-refractivity contribution in [2.45, 2.75) is 25.7 Å². The normalized spacial score (nSPS) is 10.1. The molecule has 0 fully saturated rings. The number of rotatable bonds is 7. The van der Waals surface area contributed by atoms with Crippen molar-refractivity contribution in [2.24, 2.45) is 0 Å². The van der Waals surface area contributed by atoms with E-state index in [-0.39, 0.29) is 0 Å². The fraction of sp³-hybridized carbons (Fsp3) is 0.294. The lowest BCUT2D eigenvalue weighted by Crippen LogP contribution is -2.27. The van der Waals surface area contributed by atoms with Crippen molar-refractivity contribution >= 4 is 6.09 Å². The minimum atomic E-state index is -0.425. The van der Waals surface area contributed by atoms with E-state index in [1.807, 2.05) is 6.07 Å². The summed E-state index contributed by atoms with van der Waals surface area (Å²) in [5, 5.41) is 2.74. The molecule has 0 aliphatic rings. The molecule has 110 valence electrons. The average Bonchev–Trinajstić information content (AvgIpc) is 2.53. The maximum absolute atomic E-state index is 11.5. The quantitative estimate of drug-likeness (QED) is 0.791. The Morgan fingerprint density at radius 1 is 1.05 bits per heavy atom. The second-order valence-corrected chi connectivity index (χ2v) is 4.80. The highest BCUT2D eigenvalue weighted by Gasteiger charge is 2.02. The van der Waals surface area contributed by atoms with Gasteiger partial charge in [0.25, 0.3) is 0 Å². The van der Waals surface area contributed by atoms with Gasteiger partial charge >= 0.3 is 6.09 Å².